The molecule has 3 aliphatic heterocycles. The van der Waals surface area contributed by atoms with Gasteiger partial charge in [0.2, 0.25) is 0 Å². The Labute approximate surface area is 485 Å². The van der Waals surface area contributed by atoms with Gasteiger partial charge in [0.1, 0.15) is 0 Å². The number of aromatic nitrogens is 2. The minimum Gasteiger partial charge on any atom is -0.509 e. The van der Waals surface area contributed by atoms with E-state index in [9.17, 15) is 5.26 Å². The Kier molecular flexibility index (Phi) is 17.1. The Balaban J connectivity index is 0.000000189. The molecule has 11 nitrogen and oxygen atoms in total. The summed E-state index contributed by atoms with van der Waals surface area (Å²) in [5.74, 6) is 0.616. The summed E-state index contributed by atoms with van der Waals surface area (Å²) in [6, 6.07) is 71.9. The van der Waals surface area contributed by atoms with Gasteiger partial charge in [0.25, 0.3) is 0 Å². The smallest absolute Gasteiger partial charge is 0.0369 e. The molecule has 5 heterocycles. The van der Waals surface area contributed by atoms with Crippen LogP contribution in [0.2, 0.25) is 0 Å². The van der Waals surface area contributed by atoms with Gasteiger partial charge in [-0.3, -0.25) is 0 Å². The van der Waals surface area contributed by atoms with Crippen molar-refractivity contribution in [1.29, 1.82) is 10.5 Å². The van der Waals surface area contributed by atoms with Gasteiger partial charge in [-0.1, -0.05) is 54.1 Å². The molecular weight excluding hydrogens is 1320 g/mol. The molecule has 0 saturated heterocycles. The van der Waals surface area contributed by atoms with E-state index in [1.807, 2.05) is 62.3 Å². The Morgan fingerprint density at radius 1 is 0.564 bits per heavy atom. The van der Waals surface area contributed by atoms with Crippen LogP contribution in [-0.2, 0) is 41.2 Å². The molecule has 2 aromatic heterocycles. The van der Waals surface area contributed by atoms with Crippen molar-refractivity contribution in [2.75, 3.05) is 49.5 Å². The van der Waals surface area contributed by atoms with Gasteiger partial charge < -0.3 is 44.1 Å². The zero-order valence-electron chi connectivity index (χ0n) is 43.2. The van der Waals surface area contributed by atoms with Crippen LogP contribution in [0.1, 0.15) is 40.7 Å². The maximum absolute atomic E-state index is 9.84. The van der Waals surface area contributed by atoms with Gasteiger partial charge >= 0.3 is 0 Å². The van der Waals surface area contributed by atoms with Crippen molar-refractivity contribution in [1.82, 2.24) is 9.97 Å². The molecule has 0 atom stereocenters. The van der Waals surface area contributed by atoms with Crippen LogP contribution in [-0.4, -0.2) is 30.1 Å². The molecule has 0 aliphatic carbocycles. The number of hydrogen-bond donors (Lipinski definition) is 0. The van der Waals surface area contributed by atoms with Crippen molar-refractivity contribution in [3.05, 3.63) is 242 Å². The van der Waals surface area contributed by atoms with Crippen LogP contribution < -0.4 is 34.1 Å². The zero-order valence-corrected chi connectivity index (χ0v) is 47.8. The number of para-hydroxylation sites is 8. The van der Waals surface area contributed by atoms with E-state index >= 15 is 0 Å². The third kappa shape index (κ3) is 11.4. The second-order valence-electron chi connectivity index (χ2n) is 18.7. The maximum atomic E-state index is 9.84. The summed E-state index contributed by atoms with van der Waals surface area (Å²) in [4.78, 5) is 21.9. The fourth-order valence-electron chi connectivity index (χ4n) is 10.0. The molecule has 0 unspecified atom stereocenters. The second kappa shape index (κ2) is 24.4. The summed E-state index contributed by atoms with van der Waals surface area (Å²) in [5.41, 5.74) is 16.8. The molecular formula is C65H50IrN10OPt-8. The summed E-state index contributed by atoms with van der Waals surface area (Å²) in [5, 5.41) is 18.9. The van der Waals surface area contributed by atoms with Crippen molar-refractivity contribution >= 4 is 51.2 Å². The molecule has 3 aliphatic rings. The summed E-state index contributed by atoms with van der Waals surface area (Å²) in [6.07, 6.45) is 5.06. The van der Waals surface area contributed by atoms with Crippen LogP contribution in [0.25, 0.3) is 22.5 Å². The van der Waals surface area contributed by atoms with E-state index in [0.29, 0.717) is 22.7 Å². The fraction of sp³-hybridized carbons (Fsp3) is 0.123. The Morgan fingerprint density at radius 3 is 1.62 bits per heavy atom. The number of nitriles is 2. The number of anilines is 9. The van der Waals surface area contributed by atoms with Crippen LogP contribution in [0.15, 0.2) is 164 Å². The van der Waals surface area contributed by atoms with Crippen LogP contribution in [0, 0.1) is 93.8 Å². The Hall–Kier alpha value is -8.24. The topological polar surface area (TPSA) is 102 Å². The number of pyridine rings is 2. The van der Waals surface area contributed by atoms with E-state index in [-0.39, 0.29) is 52.5 Å². The second-order valence-corrected chi connectivity index (χ2v) is 18.7. The van der Waals surface area contributed by atoms with Gasteiger partial charge in [0.15, 0.2) is 0 Å². The van der Waals surface area contributed by atoms with E-state index in [4.69, 9.17) is 10.00 Å². The molecule has 0 bridgehead atoms. The van der Waals surface area contributed by atoms with Crippen LogP contribution in [0.5, 0.6) is 11.5 Å². The molecule has 13 heteroatoms. The third-order valence-electron chi connectivity index (χ3n) is 13.4. The summed E-state index contributed by atoms with van der Waals surface area (Å²) >= 11 is 0. The van der Waals surface area contributed by atoms with Crippen molar-refractivity contribution in [3.8, 4) is 46.2 Å². The third-order valence-corrected chi connectivity index (χ3v) is 13.4. The van der Waals surface area contributed by atoms with E-state index < -0.39 is 0 Å². The molecule has 393 valence electrons. The van der Waals surface area contributed by atoms with E-state index in [2.05, 4.69) is 213 Å². The van der Waals surface area contributed by atoms with Crippen molar-refractivity contribution in [3.63, 3.8) is 0 Å². The first-order valence-corrected chi connectivity index (χ1v) is 25.1. The normalized spacial score (nSPS) is 12.8. The first kappa shape index (κ1) is 54.5. The van der Waals surface area contributed by atoms with Gasteiger partial charge in [-0.25, -0.2) is 16.6 Å². The molecule has 9 aromatic rings. The predicted molar refractivity (Wildman–Crippen MR) is 301 cm³/mol. The minimum absolute atomic E-state index is 0. The zero-order chi connectivity index (χ0) is 52.1. The van der Waals surface area contributed by atoms with Gasteiger partial charge in [-0.15, -0.1) is 52.2 Å². The number of aryl methyl sites for hydroxylation is 3. The monoisotopic (exact) mass is 1370 g/mol. The molecule has 0 saturated carbocycles. The largest absolute Gasteiger partial charge is 0.509 e. The van der Waals surface area contributed by atoms with Gasteiger partial charge in [0, 0.05) is 104 Å². The number of rotatable bonds is 12. The summed E-state index contributed by atoms with van der Waals surface area (Å²) in [7, 11) is 2.01. The quantitative estimate of drug-likeness (QED) is 0.0863. The predicted octanol–water partition coefficient (Wildman–Crippen LogP) is 14.3. The first-order valence-electron chi connectivity index (χ1n) is 25.1. The minimum atomic E-state index is 0. The molecule has 0 N–H and O–H groups in total. The van der Waals surface area contributed by atoms with Crippen LogP contribution in [0.4, 0.5) is 51.2 Å². The summed E-state index contributed by atoms with van der Waals surface area (Å²) in [6.45, 7) is 14.7. The molecule has 0 spiro atoms. The van der Waals surface area contributed by atoms with Crippen LogP contribution >= 0.6 is 0 Å². The van der Waals surface area contributed by atoms with Gasteiger partial charge in [-0.05, 0) is 125 Å². The summed E-state index contributed by atoms with van der Waals surface area (Å²) < 4.78 is 6.37. The average molecular weight is 1370 g/mol. The molecule has 0 fully saturated rings. The molecule has 0 amide bonds. The van der Waals surface area contributed by atoms with E-state index in [0.717, 1.165) is 76.6 Å². The van der Waals surface area contributed by atoms with Gasteiger partial charge in [-0.2, -0.15) is 92.8 Å². The molecule has 12 rings (SSSR count). The number of benzene rings is 7. The SMILES string of the molecule is Cc1cc(C)c(-c2cc(Oc3[c-]c(-c4[c-]cc(C#N)cn4)ncc3C#N)[c-]c(N3[CH-]N(C)c4ccccc43)c2)c(C)c1.[Ir].[Pt].[c-]1ccccc1N1[CH-]N(CCCCN2[CH-]N(c3[c-]cccc3)c3ccccc32)c2ccccc21. The number of unbranched alkanes of at least 4 members (excludes halogenated alkanes) is 1. The average Bonchev–Trinajstić information content (AvgIpc) is 4.16. The van der Waals surface area contributed by atoms with Crippen molar-refractivity contribution < 1.29 is 45.9 Å². The Bertz CT molecular complexity index is 3520. The number of fused-ring (bicyclic) bond motifs is 3. The van der Waals surface area contributed by atoms with E-state index in [1.54, 1.807) is 0 Å². The molecule has 7 aromatic carbocycles. The standard InChI is InChI=1S/C35H24N6O.C30H26N4.Ir.Pt/c1-22-11-23(2)35(24(3)12-22)26-13-28(41-21-40(4)32-7-5-6-8-33(32)41)15-29(14-26)42-34-16-31(39-20-27(34)18-37)30-10-9-25(17-36)19-38-30;1-3-13-25(14-4-1)33-23-31(27-17-7-9-19-29(27)33)21-11-12-22-32-24-34(26-15-5-2-6-16-26)30-20-10-8-18-28(30)32;;/h5-9,11-14,19-21H,1-4H3;1-10,13,15,17-20,23-24H,11-12,21-22H2;;/q2*-4;;. The van der Waals surface area contributed by atoms with E-state index in [1.165, 1.54) is 46.8 Å². The first-order chi connectivity index (χ1) is 37.2. The Morgan fingerprint density at radius 2 is 1.09 bits per heavy atom. The fourth-order valence-corrected chi connectivity index (χ4v) is 10.0. The van der Waals surface area contributed by atoms with Crippen LogP contribution in [0.3, 0.4) is 0 Å². The van der Waals surface area contributed by atoms with Crippen molar-refractivity contribution in [2.45, 2.75) is 33.6 Å². The van der Waals surface area contributed by atoms with Gasteiger partial charge in [0.05, 0.1) is 0 Å². The number of ether oxygens (including phenoxy) is 1. The maximum Gasteiger partial charge on any atom is 0.0369 e. The van der Waals surface area contributed by atoms with Crippen molar-refractivity contribution in [2.24, 2.45) is 0 Å². The number of nitrogens with zero attached hydrogens (tertiary/aromatic N) is 10. The molecule has 78 heavy (non-hydrogen) atoms. The molecule has 1 radical (unpaired) electrons. The number of hydrogen-bond acceptors (Lipinski definition) is 11.